The number of para-hydroxylation sites is 1. The number of halogens is 2. The van der Waals surface area contributed by atoms with Gasteiger partial charge in [0.25, 0.3) is 0 Å². The number of ketones is 1. The van der Waals surface area contributed by atoms with E-state index in [0.29, 0.717) is 18.8 Å². The van der Waals surface area contributed by atoms with Gasteiger partial charge < -0.3 is 24.7 Å². The average molecular weight is 474 g/mol. The summed E-state index contributed by atoms with van der Waals surface area (Å²) in [5.41, 5.74) is 2.12. The number of carboxylic acid groups (broad SMARTS) is 1. The quantitative estimate of drug-likeness (QED) is 0.0959. The molecule has 10 heteroatoms. The van der Waals surface area contributed by atoms with Crippen LogP contribution in [-0.4, -0.2) is 51.6 Å². The summed E-state index contributed by atoms with van der Waals surface area (Å²) in [6.45, 7) is 6.31. The van der Waals surface area contributed by atoms with Crippen LogP contribution in [0.15, 0.2) is 71.3 Å². The van der Waals surface area contributed by atoms with Gasteiger partial charge in [-0.25, -0.2) is 13.4 Å². The second-order valence-corrected chi connectivity index (χ2v) is 8.15. The zero-order valence-electron chi connectivity index (χ0n) is 19.9. The molecule has 0 saturated carbocycles. The number of carboxylic acids is 1. The lowest BCUT2D eigenvalue weighted by Gasteiger charge is -2.23. The van der Waals surface area contributed by atoms with Crippen LogP contribution in [0.4, 0.5) is 14.3 Å². The molecule has 1 aromatic rings. The lowest BCUT2D eigenvalue weighted by atomic mass is 9.84. The molecule has 182 valence electrons. The summed E-state index contributed by atoms with van der Waals surface area (Å²) in [6.07, 6.45) is 5.20. The van der Waals surface area contributed by atoms with Crippen LogP contribution < -0.4 is 10.2 Å². The van der Waals surface area contributed by atoms with E-state index in [-0.39, 0.29) is 5.41 Å². The van der Waals surface area contributed by atoms with Crippen LogP contribution in [0.3, 0.4) is 0 Å². The topological polar surface area (TPSA) is 88.1 Å². The molecule has 0 radical (unpaired) electrons. The van der Waals surface area contributed by atoms with Crippen LogP contribution in [0.5, 0.6) is 0 Å². The maximum Gasteiger partial charge on any atom is 0.796 e. The maximum atomic E-state index is 13.0. The number of hydrogen-bond donors (Lipinski definition) is 2. The number of benzene rings is 1. The highest BCUT2D eigenvalue weighted by atomic mass is 19.2. The Labute approximate surface area is 198 Å². The van der Waals surface area contributed by atoms with Crippen molar-refractivity contribution in [3.05, 3.63) is 76.9 Å². The molecule has 0 unspecified atom stereocenters. The zero-order chi connectivity index (χ0) is 25.5. The van der Waals surface area contributed by atoms with E-state index in [1.807, 2.05) is 50.1 Å². The SMILES string of the molecule is COCCN/C(C)=C/C(OB(F)F)=C(\C(=O)O)C(=O)/C=C/C=C1\N(C)c2ccccc2C1(C)C. The highest BCUT2D eigenvalue weighted by Crippen LogP contribution is 2.46. The van der Waals surface area contributed by atoms with Gasteiger partial charge in [-0.05, 0) is 36.8 Å². The van der Waals surface area contributed by atoms with Crippen LogP contribution in [-0.2, 0) is 24.4 Å². The number of aliphatic carboxylic acids is 1. The van der Waals surface area contributed by atoms with Crippen LogP contribution in [0.2, 0.25) is 0 Å². The third kappa shape index (κ3) is 6.35. The molecule has 1 aromatic carbocycles. The van der Waals surface area contributed by atoms with Crippen LogP contribution >= 0.6 is 0 Å². The van der Waals surface area contributed by atoms with Crippen LogP contribution in [0.25, 0.3) is 0 Å². The fraction of sp³-hybridized carbons (Fsp3) is 0.333. The van der Waals surface area contributed by atoms with Crippen molar-refractivity contribution in [3.8, 4) is 0 Å². The first-order valence-corrected chi connectivity index (χ1v) is 10.6. The van der Waals surface area contributed by atoms with E-state index in [4.69, 9.17) is 4.74 Å². The first kappa shape index (κ1) is 26.9. The number of allylic oxidation sites excluding steroid dienone is 6. The van der Waals surface area contributed by atoms with Crippen molar-refractivity contribution in [2.24, 2.45) is 0 Å². The van der Waals surface area contributed by atoms with Gasteiger partial charge in [-0.15, -0.1) is 0 Å². The van der Waals surface area contributed by atoms with E-state index in [1.165, 1.54) is 20.1 Å². The molecule has 0 fully saturated rings. The number of carbonyl (C=O) groups excluding carboxylic acids is 1. The number of rotatable bonds is 11. The number of hydrogen-bond acceptors (Lipinski definition) is 6. The van der Waals surface area contributed by atoms with Crippen LogP contribution in [0.1, 0.15) is 26.3 Å². The standard InChI is InChI=1S/C24H29BF2N2O5/c1-16(28-13-14-33-5)15-20(34-25(26)27)22(23(31)32)19(30)11-8-12-21-24(2,3)17-9-6-7-10-18(17)29(21)4/h6-12,15,28H,13-14H2,1-5H3,(H,31,32)/b11-8+,16-15+,21-12-,22-20+. The molecular formula is C24H29BF2N2O5. The molecule has 0 aliphatic carbocycles. The molecule has 0 bridgehead atoms. The Bertz CT molecular complexity index is 1050. The second-order valence-electron chi connectivity index (χ2n) is 8.15. The molecule has 34 heavy (non-hydrogen) atoms. The first-order valence-electron chi connectivity index (χ1n) is 10.6. The minimum atomic E-state index is -3.31. The number of likely N-dealkylation sites (N-methyl/N-ethyl adjacent to an activating group) is 1. The molecule has 1 aliphatic heterocycles. The van der Waals surface area contributed by atoms with Crippen molar-refractivity contribution in [2.45, 2.75) is 26.2 Å². The number of methoxy groups -OCH3 is 1. The van der Waals surface area contributed by atoms with Gasteiger partial charge in [-0.3, -0.25) is 4.79 Å². The third-order valence-electron chi connectivity index (χ3n) is 5.42. The minimum absolute atomic E-state index is 0.331. The van der Waals surface area contributed by atoms with E-state index >= 15 is 0 Å². The Morgan fingerprint density at radius 2 is 1.94 bits per heavy atom. The Morgan fingerprint density at radius 3 is 2.53 bits per heavy atom. The van der Waals surface area contributed by atoms with Crippen molar-refractivity contribution >= 4 is 24.9 Å². The number of carbonyl (C=O) groups is 2. The fourth-order valence-electron chi connectivity index (χ4n) is 3.80. The highest BCUT2D eigenvalue weighted by molar-refractivity contribution is 6.35. The molecule has 0 amide bonds. The van der Waals surface area contributed by atoms with Gasteiger partial charge >= 0.3 is 13.4 Å². The van der Waals surface area contributed by atoms with Gasteiger partial charge in [0.2, 0.25) is 0 Å². The summed E-state index contributed by atoms with van der Waals surface area (Å²) in [4.78, 5) is 26.5. The van der Waals surface area contributed by atoms with Crippen molar-refractivity contribution < 1.29 is 32.7 Å². The molecule has 0 saturated heterocycles. The predicted molar refractivity (Wildman–Crippen MR) is 127 cm³/mol. The van der Waals surface area contributed by atoms with Crippen LogP contribution in [0, 0.1) is 0 Å². The van der Waals surface area contributed by atoms with Crippen molar-refractivity contribution in [3.63, 3.8) is 0 Å². The minimum Gasteiger partial charge on any atom is -0.504 e. The normalized spacial score (nSPS) is 17.0. The Morgan fingerprint density at radius 1 is 1.26 bits per heavy atom. The van der Waals surface area contributed by atoms with Gasteiger partial charge in [0.1, 0.15) is 11.3 Å². The van der Waals surface area contributed by atoms with Gasteiger partial charge in [-0.2, -0.15) is 0 Å². The fourth-order valence-corrected chi connectivity index (χ4v) is 3.80. The zero-order valence-corrected chi connectivity index (χ0v) is 19.9. The van der Waals surface area contributed by atoms with Gasteiger partial charge in [0.05, 0.1) is 6.61 Å². The molecule has 0 spiro atoms. The van der Waals surface area contributed by atoms with E-state index in [1.54, 1.807) is 6.08 Å². The third-order valence-corrected chi connectivity index (χ3v) is 5.42. The van der Waals surface area contributed by atoms with E-state index in [2.05, 4.69) is 9.97 Å². The largest absolute Gasteiger partial charge is 0.796 e. The van der Waals surface area contributed by atoms with Crippen molar-refractivity contribution in [1.29, 1.82) is 0 Å². The summed E-state index contributed by atoms with van der Waals surface area (Å²) < 4.78 is 35.2. The van der Waals surface area contributed by atoms with Gasteiger partial charge in [-0.1, -0.05) is 38.1 Å². The summed E-state index contributed by atoms with van der Waals surface area (Å²) in [5.74, 6) is -3.39. The number of anilines is 1. The monoisotopic (exact) mass is 474 g/mol. The molecule has 1 aliphatic rings. The molecule has 0 atom stereocenters. The maximum absolute atomic E-state index is 13.0. The summed E-state index contributed by atoms with van der Waals surface area (Å²) in [5, 5.41) is 12.4. The Kier molecular flexibility index (Phi) is 9.20. The molecule has 1 heterocycles. The lowest BCUT2D eigenvalue weighted by molar-refractivity contribution is -0.134. The summed E-state index contributed by atoms with van der Waals surface area (Å²) in [7, 11) is 0.0895. The average Bonchev–Trinajstić information content (AvgIpc) is 2.94. The molecular weight excluding hydrogens is 445 g/mol. The molecule has 0 aromatic heterocycles. The summed E-state index contributed by atoms with van der Waals surface area (Å²) >= 11 is 0. The van der Waals surface area contributed by atoms with Crippen molar-refractivity contribution in [2.75, 3.05) is 32.2 Å². The van der Waals surface area contributed by atoms with Crippen molar-refractivity contribution in [1.82, 2.24) is 5.32 Å². The second kappa shape index (κ2) is 11.6. The number of fused-ring (bicyclic) bond motifs is 1. The Balaban J connectivity index is 2.37. The number of nitrogens with zero attached hydrogens (tertiary/aromatic N) is 1. The molecule has 2 rings (SSSR count). The summed E-state index contributed by atoms with van der Waals surface area (Å²) in [6, 6.07) is 7.89. The van der Waals surface area contributed by atoms with E-state index < -0.39 is 30.6 Å². The lowest BCUT2D eigenvalue weighted by Crippen LogP contribution is -2.22. The van der Waals surface area contributed by atoms with E-state index in [9.17, 15) is 23.3 Å². The Hall–Kier alpha value is -3.40. The van der Waals surface area contributed by atoms with Gasteiger partial charge in [0.15, 0.2) is 5.78 Å². The first-order chi connectivity index (χ1) is 16.0. The number of nitrogens with one attached hydrogen (secondary N) is 1. The van der Waals surface area contributed by atoms with Gasteiger partial charge in [0, 0.05) is 43.2 Å². The smallest absolute Gasteiger partial charge is 0.504 e. The van der Waals surface area contributed by atoms with E-state index in [0.717, 1.165) is 29.1 Å². The molecule has 7 nitrogen and oxygen atoms in total. The molecule has 2 N–H and O–H groups in total. The number of ether oxygens (including phenoxy) is 1. The predicted octanol–water partition coefficient (Wildman–Crippen LogP) is 3.84. The highest BCUT2D eigenvalue weighted by Gasteiger charge is 2.37.